The summed E-state index contributed by atoms with van der Waals surface area (Å²) in [7, 11) is 0. The van der Waals surface area contributed by atoms with Crippen LogP contribution in [0.4, 0.5) is 35.1 Å². The van der Waals surface area contributed by atoms with E-state index in [1.807, 2.05) is 0 Å². The largest absolute Gasteiger partial charge is 0.435 e. The van der Waals surface area contributed by atoms with E-state index in [-0.39, 0.29) is 10.5 Å². The van der Waals surface area contributed by atoms with E-state index in [4.69, 9.17) is 0 Å². The molecule has 0 bridgehead atoms. The fourth-order valence-electron chi connectivity index (χ4n) is 1.42. The van der Waals surface area contributed by atoms with Crippen LogP contribution in [0.3, 0.4) is 0 Å². The summed E-state index contributed by atoms with van der Waals surface area (Å²) in [5.41, 5.74) is -6.73. The van der Waals surface area contributed by atoms with E-state index in [1.165, 1.54) is 15.9 Å². The summed E-state index contributed by atoms with van der Waals surface area (Å²) in [6.45, 7) is -3.42. The molecule has 0 aliphatic heterocycles. The minimum atomic E-state index is -6.01. The normalized spacial score (nSPS) is 16.0. The van der Waals surface area contributed by atoms with Crippen LogP contribution < -0.4 is 4.74 Å². The van der Waals surface area contributed by atoms with Crippen LogP contribution in [0, 0.1) is 0 Å². The first-order valence-corrected chi connectivity index (χ1v) is 6.46. The van der Waals surface area contributed by atoms with E-state index in [9.17, 15) is 35.1 Å². The van der Waals surface area contributed by atoms with Gasteiger partial charge in [-0.25, -0.2) is 4.39 Å². The maximum absolute atomic E-state index is 14.0. The van der Waals surface area contributed by atoms with Gasteiger partial charge in [0.25, 0.3) is 0 Å². The highest BCUT2D eigenvalue weighted by Gasteiger charge is 2.71. The molecule has 1 aromatic carbocycles. The summed E-state index contributed by atoms with van der Waals surface area (Å²) in [4.78, 5) is -5.03. The number of hydrogen-bond acceptors (Lipinski definition) is 1. The summed E-state index contributed by atoms with van der Waals surface area (Å²) in [6.07, 6.45) is -6.01. The zero-order valence-corrected chi connectivity index (χ0v) is 12.7. The average Bonchev–Trinajstić information content (AvgIpc) is 2.22. The number of ether oxygens (including phenoxy) is 1. The van der Waals surface area contributed by atoms with Gasteiger partial charge in [-0.2, -0.15) is 30.7 Å². The van der Waals surface area contributed by atoms with E-state index in [2.05, 4.69) is 20.7 Å². The lowest BCUT2D eigenvalue weighted by Crippen LogP contribution is -2.49. The number of alkyl halides is 9. The van der Waals surface area contributed by atoms with E-state index in [0.717, 1.165) is 6.07 Å². The molecule has 0 aromatic heterocycles. The standard InChI is InChI=1S/C10H4Br2F8O/c11-5-1-4(2-6(3-5)21-7(13)14)8(15,9(12,16)17)10(18,19)20/h1-3,7H. The summed E-state index contributed by atoms with van der Waals surface area (Å²) >= 11 is 3.95. The second kappa shape index (κ2) is 5.90. The molecule has 1 nitrogen and oxygen atoms in total. The fraction of sp³-hybridized carbons (Fsp3) is 0.400. The van der Waals surface area contributed by atoms with Gasteiger partial charge < -0.3 is 4.74 Å². The average molecular weight is 452 g/mol. The predicted molar refractivity (Wildman–Crippen MR) is 63.5 cm³/mol. The molecular formula is C10H4Br2F8O. The van der Waals surface area contributed by atoms with Crippen molar-refractivity contribution in [1.82, 2.24) is 0 Å². The van der Waals surface area contributed by atoms with Gasteiger partial charge in [0.05, 0.1) is 0 Å². The summed E-state index contributed by atoms with van der Waals surface area (Å²) in [6, 6.07) is 1.29. The summed E-state index contributed by atoms with van der Waals surface area (Å²) in [5, 5.41) is 0. The van der Waals surface area contributed by atoms with Crippen LogP contribution in [0.15, 0.2) is 22.7 Å². The third-order valence-corrected chi connectivity index (χ3v) is 3.28. The van der Waals surface area contributed by atoms with Crippen molar-refractivity contribution in [3.05, 3.63) is 28.2 Å². The number of benzene rings is 1. The molecule has 0 spiro atoms. The molecule has 0 saturated heterocycles. The Morgan fingerprint density at radius 2 is 1.48 bits per heavy atom. The highest BCUT2D eigenvalue weighted by atomic mass is 79.9. The van der Waals surface area contributed by atoms with E-state index in [0.29, 0.717) is 6.07 Å². The van der Waals surface area contributed by atoms with Crippen LogP contribution in [0.1, 0.15) is 5.56 Å². The summed E-state index contributed by atoms with van der Waals surface area (Å²) in [5.74, 6) is -0.905. The molecule has 1 atom stereocenters. The van der Waals surface area contributed by atoms with Crippen molar-refractivity contribution in [2.45, 2.75) is 23.3 Å². The Balaban J connectivity index is 3.50. The Bertz CT molecular complexity index is 497. The first-order valence-electron chi connectivity index (χ1n) is 4.87. The van der Waals surface area contributed by atoms with Crippen LogP contribution in [0.5, 0.6) is 5.75 Å². The Kier molecular flexibility index (Phi) is 5.19. The molecular weight excluding hydrogens is 448 g/mol. The van der Waals surface area contributed by atoms with Gasteiger partial charge in [0, 0.05) is 10.0 Å². The van der Waals surface area contributed by atoms with Gasteiger partial charge in [-0.3, -0.25) is 0 Å². The van der Waals surface area contributed by atoms with E-state index in [1.54, 1.807) is 0 Å². The first kappa shape index (κ1) is 18.5. The third kappa shape index (κ3) is 3.79. The van der Waals surface area contributed by atoms with Crippen LogP contribution >= 0.6 is 31.9 Å². The van der Waals surface area contributed by atoms with Crippen molar-refractivity contribution in [2.75, 3.05) is 0 Å². The molecule has 1 rings (SSSR count). The van der Waals surface area contributed by atoms with Gasteiger partial charge in [0.2, 0.25) is 0 Å². The monoisotopic (exact) mass is 450 g/mol. The quantitative estimate of drug-likeness (QED) is 0.417. The Morgan fingerprint density at radius 3 is 1.86 bits per heavy atom. The molecule has 0 heterocycles. The molecule has 0 aliphatic rings. The summed E-state index contributed by atoms with van der Waals surface area (Å²) < 4.78 is 106. The van der Waals surface area contributed by atoms with Crippen LogP contribution in [-0.2, 0) is 5.67 Å². The fourth-order valence-corrected chi connectivity index (χ4v) is 2.35. The molecule has 0 N–H and O–H groups in total. The van der Waals surface area contributed by atoms with Gasteiger partial charge in [-0.05, 0) is 34.1 Å². The third-order valence-electron chi connectivity index (χ3n) is 2.28. The minimum Gasteiger partial charge on any atom is -0.435 e. The van der Waals surface area contributed by atoms with Gasteiger partial charge >= 0.3 is 23.3 Å². The number of rotatable bonds is 4. The van der Waals surface area contributed by atoms with Gasteiger partial charge in [0.1, 0.15) is 5.75 Å². The molecule has 0 aliphatic carbocycles. The van der Waals surface area contributed by atoms with Crippen molar-refractivity contribution < 1.29 is 39.9 Å². The molecule has 0 radical (unpaired) electrons. The van der Waals surface area contributed by atoms with Gasteiger partial charge in [-0.15, -0.1) is 0 Å². The van der Waals surface area contributed by atoms with Gasteiger partial charge in [0.15, 0.2) is 0 Å². The first-order chi connectivity index (χ1) is 9.29. The number of hydrogen-bond donors (Lipinski definition) is 0. The molecule has 1 unspecified atom stereocenters. The Morgan fingerprint density at radius 1 is 0.952 bits per heavy atom. The van der Waals surface area contributed by atoms with Crippen molar-refractivity contribution in [2.24, 2.45) is 0 Å². The predicted octanol–water partition coefficient (Wildman–Crippen LogP) is 5.77. The molecule has 120 valence electrons. The van der Waals surface area contributed by atoms with Crippen molar-refractivity contribution >= 4 is 31.9 Å². The van der Waals surface area contributed by atoms with E-state index >= 15 is 0 Å². The zero-order chi connectivity index (χ0) is 16.6. The van der Waals surface area contributed by atoms with E-state index < -0.39 is 34.6 Å². The second-order valence-corrected chi connectivity index (χ2v) is 5.62. The zero-order valence-electron chi connectivity index (χ0n) is 9.50. The smallest absolute Gasteiger partial charge is 0.433 e. The number of halogens is 10. The lowest BCUT2D eigenvalue weighted by Gasteiger charge is -2.32. The SMILES string of the molecule is FC(F)Oc1cc(Br)cc(C(F)(C(F)(F)F)C(F)(F)Br)c1. The van der Waals surface area contributed by atoms with Gasteiger partial charge in [-0.1, -0.05) is 15.9 Å². The topological polar surface area (TPSA) is 9.23 Å². The second-order valence-electron chi connectivity index (χ2n) is 3.71. The Hall–Kier alpha value is -0.580. The molecule has 0 amide bonds. The molecule has 11 heteroatoms. The lowest BCUT2D eigenvalue weighted by atomic mass is 9.95. The van der Waals surface area contributed by atoms with Crippen LogP contribution in [0.25, 0.3) is 0 Å². The minimum absolute atomic E-state index is 0.125. The molecule has 0 saturated carbocycles. The van der Waals surface area contributed by atoms with Crippen LogP contribution in [-0.4, -0.2) is 17.6 Å². The molecule has 21 heavy (non-hydrogen) atoms. The van der Waals surface area contributed by atoms with Crippen molar-refractivity contribution in [3.8, 4) is 5.75 Å². The van der Waals surface area contributed by atoms with Crippen LogP contribution in [0.2, 0.25) is 0 Å². The molecule has 1 aromatic rings. The highest BCUT2D eigenvalue weighted by Crippen LogP contribution is 2.55. The maximum Gasteiger partial charge on any atom is 0.433 e. The lowest BCUT2D eigenvalue weighted by molar-refractivity contribution is -0.282. The van der Waals surface area contributed by atoms with Crippen molar-refractivity contribution in [3.63, 3.8) is 0 Å². The van der Waals surface area contributed by atoms with Crippen molar-refractivity contribution in [1.29, 1.82) is 0 Å². The highest BCUT2D eigenvalue weighted by molar-refractivity contribution is 9.10. The maximum atomic E-state index is 14.0. The Labute approximate surface area is 129 Å². The molecule has 0 fully saturated rings.